The fraction of sp³-hybridized carbons (Fsp3) is 0.167. The first-order valence-corrected chi connectivity index (χ1v) is 9.34. The SMILES string of the molecule is Cc1cc(-c2ccccc2)c2c(C(C)C)c(C=O)c(-c3ccc(F)cc3)nn12. The third kappa shape index (κ3) is 2.91. The molecule has 0 bridgehead atoms. The van der Waals surface area contributed by atoms with Gasteiger partial charge in [-0.2, -0.15) is 5.10 Å². The summed E-state index contributed by atoms with van der Waals surface area (Å²) in [5.74, 6) is -0.202. The number of carbonyl (C=O) groups excluding carboxylic acids is 1. The van der Waals surface area contributed by atoms with Crippen molar-refractivity contribution in [2.24, 2.45) is 0 Å². The summed E-state index contributed by atoms with van der Waals surface area (Å²) in [6, 6.07) is 18.3. The lowest BCUT2D eigenvalue weighted by atomic mass is 9.92. The summed E-state index contributed by atoms with van der Waals surface area (Å²) in [6.45, 7) is 6.16. The molecule has 2 aromatic heterocycles. The van der Waals surface area contributed by atoms with Gasteiger partial charge >= 0.3 is 0 Å². The molecule has 0 saturated carbocycles. The Balaban J connectivity index is 2.12. The Morgan fingerprint density at radius 3 is 2.29 bits per heavy atom. The molecular formula is C24H21FN2O. The van der Waals surface area contributed by atoms with Gasteiger partial charge in [0.05, 0.1) is 5.52 Å². The van der Waals surface area contributed by atoms with Crippen molar-refractivity contribution in [1.82, 2.24) is 9.61 Å². The van der Waals surface area contributed by atoms with Gasteiger partial charge in [0.1, 0.15) is 11.5 Å². The van der Waals surface area contributed by atoms with Gasteiger partial charge in [0.25, 0.3) is 0 Å². The summed E-state index contributed by atoms with van der Waals surface area (Å²) in [6.07, 6.45) is 0.873. The van der Waals surface area contributed by atoms with Crippen molar-refractivity contribution in [2.45, 2.75) is 26.7 Å². The second-order valence-electron chi connectivity index (χ2n) is 7.28. The molecule has 0 fully saturated rings. The van der Waals surface area contributed by atoms with Crippen LogP contribution in [0.5, 0.6) is 0 Å². The zero-order valence-corrected chi connectivity index (χ0v) is 16.1. The van der Waals surface area contributed by atoms with E-state index in [0.717, 1.165) is 39.8 Å². The highest BCUT2D eigenvalue weighted by molar-refractivity contribution is 5.95. The number of hydrogen-bond donors (Lipinski definition) is 0. The molecule has 28 heavy (non-hydrogen) atoms. The topological polar surface area (TPSA) is 34.4 Å². The van der Waals surface area contributed by atoms with Crippen molar-refractivity contribution in [1.29, 1.82) is 0 Å². The van der Waals surface area contributed by atoms with Gasteiger partial charge in [-0.3, -0.25) is 4.79 Å². The lowest BCUT2D eigenvalue weighted by molar-refractivity contribution is 0.112. The number of halogens is 1. The van der Waals surface area contributed by atoms with E-state index in [9.17, 15) is 9.18 Å². The van der Waals surface area contributed by atoms with E-state index in [1.807, 2.05) is 29.6 Å². The third-order valence-corrected chi connectivity index (χ3v) is 5.05. The van der Waals surface area contributed by atoms with Crippen molar-refractivity contribution in [3.05, 3.63) is 83.3 Å². The summed E-state index contributed by atoms with van der Waals surface area (Å²) in [5.41, 5.74) is 6.89. The molecule has 4 heteroatoms. The normalized spacial score (nSPS) is 11.3. The highest BCUT2D eigenvalue weighted by atomic mass is 19.1. The van der Waals surface area contributed by atoms with E-state index in [2.05, 4.69) is 32.0 Å². The number of nitrogens with zero attached hydrogens (tertiary/aromatic N) is 2. The molecule has 0 spiro atoms. The number of aromatic nitrogens is 2. The summed E-state index contributed by atoms with van der Waals surface area (Å²) in [4.78, 5) is 12.2. The fourth-order valence-electron chi connectivity index (χ4n) is 3.79. The number of carbonyl (C=O) groups is 1. The summed E-state index contributed by atoms with van der Waals surface area (Å²) >= 11 is 0. The number of benzene rings is 2. The molecule has 0 amide bonds. The van der Waals surface area contributed by atoms with Crippen LogP contribution in [0.3, 0.4) is 0 Å². The molecule has 0 N–H and O–H groups in total. The molecule has 2 aromatic carbocycles. The monoisotopic (exact) mass is 372 g/mol. The number of rotatable bonds is 4. The van der Waals surface area contributed by atoms with Gasteiger partial charge in [0.2, 0.25) is 0 Å². The molecule has 4 rings (SSSR count). The zero-order chi connectivity index (χ0) is 19.8. The van der Waals surface area contributed by atoms with Crippen LogP contribution in [-0.2, 0) is 0 Å². The van der Waals surface area contributed by atoms with Crippen LogP contribution in [-0.4, -0.2) is 15.9 Å². The lowest BCUT2D eigenvalue weighted by Gasteiger charge is -2.17. The summed E-state index contributed by atoms with van der Waals surface area (Å²) in [7, 11) is 0. The molecule has 0 unspecified atom stereocenters. The van der Waals surface area contributed by atoms with E-state index in [4.69, 9.17) is 5.10 Å². The minimum Gasteiger partial charge on any atom is -0.298 e. The second-order valence-corrected chi connectivity index (χ2v) is 7.28. The molecule has 0 aliphatic heterocycles. The van der Waals surface area contributed by atoms with Crippen molar-refractivity contribution in [3.63, 3.8) is 0 Å². The first-order chi connectivity index (χ1) is 13.5. The second kappa shape index (κ2) is 7.04. The van der Waals surface area contributed by atoms with Gasteiger partial charge in [-0.15, -0.1) is 0 Å². The minimum absolute atomic E-state index is 0.113. The number of aryl methyl sites for hydroxylation is 1. The Bertz CT molecular complexity index is 1160. The molecule has 140 valence electrons. The average Bonchev–Trinajstić information content (AvgIpc) is 3.04. The molecule has 0 atom stereocenters. The van der Waals surface area contributed by atoms with Gasteiger partial charge in [-0.05, 0) is 54.3 Å². The standard InChI is InChI=1S/C24H21FN2O/c1-15(2)22-21(14-28)23(18-9-11-19(25)12-10-18)26-27-16(3)13-20(24(22)27)17-7-5-4-6-8-17/h4-15H,1-3H3. The Hall–Kier alpha value is -3.27. The zero-order valence-electron chi connectivity index (χ0n) is 16.1. The van der Waals surface area contributed by atoms with Crippen LogP contribution in [0.1, 0.15) is 41.4 Å². The van der Waals surface area contributed by atoms with Crippen LogP contribution in [0.15, 0.2) is 60.7 Å². The van der Waals surface area contributed by atoms with Crippen LogP contribution in [0.4, 0.5) is 4.39 Å². The molecule has 0 aliphatic carbocycles. The predicted molar refractivity (Wildman–Crippen MR) is 110 cm³/mol. The smallest absolute Gasteiger partial charge is 0.152 e. The summed E-state index contributed by atoms with van der Waals surface area (Å²) in [5, 5.41) is 4.80. The molecule has 3 nitrogen and oxygen atoms in total. The lowest BCUT2D eigenvalue weighted by Crippen LogP contribution is -2.08. The molecule has 4 aromatic rings. The molecular weight excluding hydrogens is 351 g/mol. The highest BCUT2D eigenvalue weighted by Gasteiger charge is 2.23. The molecule has 0 radical (unpaired) electrons. The quantitative estimate of drug-likeness (QED) is 0.409. The van der Waals surface area contributed by atoms with Gasteiger partial charge < -0.3 is 0 Å². The third-order valence-electron chi connectivity index (χ3n) is 5.05. The largest absolute Gasteiger partial charge is 0.298 e. The molecule has 2 heterocycles. The van der Waals surface area contributed by atoms with Crippen LogP contribution >= 0.6 is 0 Å². The van der Waals surface area contributed by atoms with Crippen molar-refractivity contribution < 1.29 is 9.18 Å². The van der Waals surface area contributed by atoms with Gasteiger partial charge in [-0.25, -0.2) is 8.91 Å². The van der Waals surface area contributed by atoms with Gasteiger partial charge in [0, 0.05) is 22.4 Å². The van der Waals surface area contributed by atoms with Crippen LogP contribution in [0.2, 0.25) is 0 Å². The Labute approximate surface area is 163 Å². The molecule has 0 saturated heterocycles. The maximum Gasteiger partial charge on any atom is 0.152 e. The van der Waals surface area contributed by atoms with Crippen LogP contribution in [0.25, 0.3) is 27.9 Å². The van der Waals surface area contributed by atoms with E-state index in [1.165, 1.54) is 12.1 Å². The van der Waals surface area contributed by atoms with E-state index in [-0.39, 0.29) is 11.7 Å². The Morgan fingerprint density at radius 2 is 1.68 bits per heavy atom. The van der Waals surface area contributed by atoms with Crippen LogP contribution in [0, 0.1) is 12.7 Å². The number of fused-ring (bicyclic) bond motifs is 1. The first-order valence-electron chi connectivity index (χ1n) is 9.34. The maximum absolute atomic E-state index is 13.4. The summed E-state index contributed by atoms with van der Waals surface area (Å²) < 4.78 is 15.3. The minimum atomic E-state index is -0.315. The Kier molecular flexibility index (Phi) is 4.55. The van der Waals surface area contributed by atoms with E-state index >= 15 is 0 Å². The van der Waals surface area contributed by atoms with E-state index in [1.54, 1.807) is 12.1 Å². The maximum atomic E-state index is 13.4. The van der Waals surface area contributed by atoms with E-state index < -0.39 is 0 Å². The van der Waals surface area contributed by atoms with Crippen molar-refractivity contribution >= 4 is 11.8 Å². The van der Waals surface area contributed by atoms with Crippen molar-refractivity contribution in [2.75, 3.05) is 0 Å². The van der Waals surface area contributed by atoms with E-state index in [0.29, 0.717) is 11.3 Å². The van der Waals surface area contributed by atoms with Crippen molar-refractivity contribution in [3.8, 4) is 22.4 Å². The number of aldehydes is 1. The van der Waals surface area contributed by atoms with Gasteiger partial charge in [0.15, 0.2) is 6.29 Å². The van der Waals surface area contributed by atoms with Gasteiger partial charge in [-0.1, -0.05) is 44.2 Å². The number of hydrogen-bond acceptors (Lipinski definition) is 2. The fourth-order valence-corrected chi connectivity index (χ4v) is 3.79. The highest BCUT2D eigenvalue weighted by Crippen LogP contribution is 2.37. The Morgan fingerprint density at radius 1 is 1.00 bits per heavy atom. The average molecular weight is 372 g/mol. The predicted octanol–water partition coefficient (Wildman–Crippen LogP) is 6.05. The molecule has 0 aliphatic rings. The van der Waals surface area contributed by atoms with Crippen LogP contribution < -0.4 is 0 Å². The first kappa shape index (κ1) is 18.1.